The van der Waals surface area contributed by atoms with Gasteiger partial charge in [-0.2, -0.15) is 0 Å². The lowest BCUT2D eigenvalue weighted by molar-refractivity contribution is 0.0948. The van der Waals surface area contributed by atoms with Crippen molar-refractivity contribution in [2.24, 2.45) is 0 Å². The molecule has 21 heavy (non-hydrogen) atoms. The minimum Gasteiger partial charge on any atom is -0.367 e. The molecule has 0 aromatic carbocycles. The van der Waals surface area contributed by atoms with Gasteiger partial charge in [0.25, 0.3) is 5.91 Å². The Hall–Kier alpha value is -1.91. The van der Waals surface area contributed by atoms with Crippen LogP contribution >= 0.6 is 0 Å². The summed E-state index contributed by atoms with van der Waals surface area (Å²) >= 11 is 0. The Labute approximate surface area is 126 Å². The Morgan fingerprint density at radius 2 is 2.14 bits per heavy atom. The number of hydrogen-bond donors (Lipinski definition) is 2. The van der Waals surface area contributed by atoms with Crippen LogP contribution in [-0.4, -0.2) is 28.5 Å². The van der Waals surface area contributed by atoms with Crippen LogP contribution in [0.25, 0.3) is 0 Å². The minimum atomic E-state index is -0.157. The van der Waals surface area contributed by atoms with Crippen molar-refractivity contribution in [1.82, 2.24) is 15.3 Å². The third-order valence-electron chi connectivity index (χ3n) is 3.44. The Morgan fingerprint density at radius 1 is 1.29 bits per heavy atom. The fourth-order valence-electron chi connectivity index (χ4n) is 2.37. The molecule has 5 heteroatoms. The Bertz CT molecular complexity index is 494. The van der Waals surface area contributed by atoms with Gasteiger partial charge in [0, 0.05) is 12.6 Å². The van der Waals surface area contributed by atoms with Crippen molar-refractivity contribution in [3.8, 4) is 0 Å². The van der Waals surface area contributed by atoms with E-state index in [1.165, 1.54) is 37.5 Å². The zero-order valence-electron chi connectivity index (χ0n) is 12.9. The summed E-state index contributed by atoms with van der Waals surface area (Å²) in [7, 11) is 0. The lowest BCUT2D eigenvalue weighted by atomic mass is 9.97. The van der Waals surface area contributed by atoms with Crippen molar-refractivity contribution in [1.29, 1.82) is 0 Å². The van der Waals surface area contributed by atoms with Gasteiger partial charge in [0.15, 0.2) is 0 Å². The minimum absolute atomic E-state index is 0.157. The van der Waals surface area contributed by atoms with Crippen molar-refractivity contribution in [3.63, 3.8) is 0 Å². The van der Waals surface area contributed by atoms with Crippen LogP contribution in [0, 0.1) is 0 Å². The van der Waals surface area contributed by atoms with Crippen molar-refractivity contribution < 1.29 is 4.79 Å². The Morgan fingerprint density at radius 3 is 2.76 bits per heavy atom. The highest BCUT2D eigenvalue weighted by Gasteiger charge is 2.09. The second kappa shape index (κ2) is 7.76. The molecule has 1 amide bonds. The van der Waals surface area contributed by atoms with E-state index in [4.69, 9.17) is 0 Å². The van der Waals surface area contributed by atoms with Crippen LogP contribution in [0.4, 0.5) is 5.82 Å². The van der Waals surface area contributed by atoms with Gasteiger partial charge in [-0.15, -0.1) is 0 Å². The van der Waals surface area contributed by atoms with E-state index in [-0.39, 0.29) is 5.91 Å². The maximum absolute atomic E-state index is 12.0. The first-order chi connectivity index (χ1) is 10.1. The van der Waals surface area contributed by atoms with E-state index in [9.17, 15) is 4.79 Å². The van der Waals surface area contributed by atoms with Crippen LogP contribution in [0.5, 0.6) is 0 Å². The summed E-state index contributed by atoms with van der Waals surface area (Å²) in [4.78, 5) is 20.3. The molecule has 2 N–H and O–H groups in total. The van der Waals surface area contributed by atoms with E-state index >= 15 is 0 Å². The second-order valence-corrected chi connectivity index (χ2v) is 5.70. The van der Waals surface area contributed by atoms with Gasteiger partial charge in [0.1, 0.15) is 11.5 Å². The molecule has 0 saturated heterocycles. The molecule has 0 spiro atoms. The standard InChI is InChI=1S/C16H24N4O/c1-12(2)20-15-11-18-14(10-19-15)16(21)17-9-8-13-6-4-3-5-7-13/h6,10-12H,3-5,7-9H2,1-2H3,(H,17,21)(H,19,20). The van der Waals surface area contributed by atoms with Crippen molar-refractivity contribution in [2.45, 2.75) is 52.0 Å². The first-order valence-electron chi connectivity index (χ1n) is 7.70. The Kier molecular flexibility index (Phi) is 5.72. The molecule has 1 aromatic heterocycles. The molecule has 114 valence electrons. The van der Waals surface area contributed by atoms with Gasteiger partial charge >= 0.3 is 0 Å². The molecule has 1 aliphatic carbocycles. The summed E-state index contributed by atoms with van der Waals surface area (Å²) in [5.41, 5.74) is 1.83. The van der Waals surface area contributed by atoms with Crippen LogP contribution in [0.3, 0.4) is 0 Å². The Balaban J connectivity index is 1.78. The van der Waals surface area contributed by atoms with Gasteiger partial charge in [0.05, 0.1) is 12.4 Å². The van der Waals surface area contributed by atoms with E-state index in [0.717, 1.165) is 6.42 Å². The summed E-state index contributed by atoms with van der Waals surface area (Å²) in [5.74, 6) is 0.531. The normalized spacial score (nSPS) is 14.7. The number of carbonyl (C=O) groups excluding carboxylic acids is 1. The number of hydrogen-bond acceptors (Lipinski definition) is 4. The highest BCUT2D eigenvalue weighted by atomic mass is 16.1. The number of rotatable bonds is 6. The molecule has 0 saturated carbocycles. The van der Waals surface area contributed by atoms with Gasteiger partial charge in [0.2, 0.25) is 0 Å². The zero-order chi connectivity index (χ0) is 15.1. The average Bonchev–Trinajstić information content (AvgIpc) is 2.48. The lowest BCUT2D eigenvalue weighted by Gasteiger charge is -2.13. The number of aromatic nitrogens is 2. The van der Waals surface area contributed by atoms with Gasteiger partial charge in [-0.25, -0.2) is 9.97 Å². The predicted molar refractivity (Wildman–Crippen MR) is 84.3 cm³/mol. The van der Waals surface area contributed by atoms with Crippen LogP contribution in [0.1, 0.15) is 56.4 Å². The first kappa shape index (κ1) is 15.5. The summed E-state index contributed by atoms with van der Waals surface area (Å²) in [6, 6.07) is 0.294. The first-order valence-corrected chi connectivity index (χ1v) is 7.70. The van der Waals surface area contributed by atoms with Gasteiger partial charge < -0.3 is 10.6 Å². The fraction of sp³-hybridized carbons (Fsp3) is 0.562. The molecular weight excluding hydrogens is 264 g/mol. The van der Waals surface area contributed by atoms with Crippen LogP contribution < -0.4 is 10.6 Å². The molecule has 0 fully saturated rings. The molecule has 0 aliphatic heterocycles. The maximum Gasteiger partial charge on any atom is 0.271 e. The number of allylic oxidation sites excluding steroid dienone is 1. The summed E-state index contributed by atoms with van der Waals surface area (Å²) in [6.45, 7) is 4.73. The molecule has 0 atom stereocenters. The summed E-state index contributed by atoms with van der Waals surface area (Å²) in [5, 5.41) is 6.05. The maximum atomic E-state index is 12.0. The number of nitrogens with one attached hydrogen (secondary N) is 2. The molecule has 0 bridgehead atoms. The SMILES string of the molecule is CC(C)Nc1cnc(C(=O)NCCC2=CCCCC2)cn1. The van der Waals surface area contributed by atoms with Gasteiger partial charge in [-0.1, -0.05) is 11.6 Å². The number of anilines is 1. The smallest absolute Gasteiger partial charge is 0.271 e. The molecule has 1 aromatic rings. The summed E-state index contributed by atoms with van der Waals surface area (Å²) < 4.78 is 0. The van der Waals surface area contributed by atoms with E-state index in [1.807, 2.05) is 13.8 Å². The van der Waals surface area contributed by atoms with Gasteiger partial charge in [-0.3, -0.25) is 4.79 Å². The third kappa shape index (κ3) is 5.17. The van der Waals surface area contributed by atoms with E-state index < -0.39 is 0 Å². The fourth-order valence-corrected chi connectivity index (χ4v) is 2.37. The predicted octanol–water partition coefficient (Wildman–Crippen LogP) is 2.92. The third-order valence-corrected chi connectivity index (χ3v) is 3.44. The van der Waals surface area contributed by atoms with E-state index in [0.29, 0.717) is 24.1 Å². The van der Waals surface area contributed by atoms with E-state index in [2.05, 4.69) is 26.7 Å². The molecule has 1 heterocycles. The average molecular weight is 288 g/mol. The molecule has 1 aliphatic rings. The highest BCUT2D eigenvalue weighted by molar-refractivity contribution is 5.91. The van der Waals surface area contributed by atoms with Crippen molar-refractivity contribution in [2.75, 3.05) is 11.9 Å². The van der Waals surface area contributed by atoms with Gasteiger partial charge in [-0.05, 0) is 46.0 Å². The molecule has 0 radical (unpaired) electrons. The second-order valence-electron chi connectivity index (χ2n) is 5.70. The molecule has 2 rings (SSSR count). The van der Waals surface area contributed by atoms with Crippen LogP contribution in [0.15, 0.2) is 24.0 Å². The van der Waals surface area contributed by atoms with Crippen molar-refractivity contribution >= 4 is 11.7 Å². The highest BCUT2D eigenvalue weighted by Crippen LogP contribution is 2.19. The van der Waals surface area contributed by atoms with Crippen molar-refractivity contribution in [3.05, 3.63) is 29.7 Å². The van der Waals surface area contributed by atoms with Crippen LogP contribution in [-0.2, 0) is 0 Å². The number of nitrogens with zero attached hydrogens (tertiary/aromatic N) is 2. The largest absolute Gasteiger partial charge is 0.367 e. The molecule has 0 unspecified atom stereocenters. The van der Waals surface area contributed by atoms with E-state index in [1.54, 1.807) is 6.20 Å². The molecular formula is C16H24N4O. The quantitative estimate of drug-likeness (QED) is 0.790. The lowest BCUT2D eigenvalue weighted by Crippen LogP contribution is -2.26. The summed E-state index contributed by atoms with van der Waals surface area (Å²) in [6.07, 6.45) is 11.3. The number of amides is 1. The monoisotopic (exact) mass is 288 g/mol. The van der Waals surface area contributed by atoms with Crippen LogP contribution in [0.2, 0.25) is 0 Å². The topological polar surface area (TPSA) is 66.9 Å². The molecule has 5 nitrogen and oxygen atoms in total. The number of carbonyl (C=O) groups is 1. The zero-order valence-corrected chi connectivity index (χ0v) is 12.9.